The van der Waals surface area contributed by atoms with Gasteiger partial charge < -0.3 is 10.5 Å². The molecule has 1 aromatic heterocycles. The highest BCUT2D eigenvalue weighted by atomic mass is 16.5. The molecule has 7 nitrogen and oxygen atoms in total. The van der Waals surface area contributed by atoms with Gasteiger partial charge in [0.25, 0.3) is 0 Å². The van der Waals surface area contributed by atoms with Crippen LogP contribution in [-0.4, -0.2) is 28.3 Å². The highest BCUT2D eigenvalue weighted by molar-refractivity contribution is 6.01. The van der Waals surface area contributed by atoms with Crippen LogP contribution in [0.5, 0.6) is 0 Å². The van der Waals surface area contributed by atoms with E-state index < -0.39 is 18.4 Å². The SMILES string of the molecule is CC(N)=C(C#N)C(=O)COC(=O)C=Cc1cnc2ccccc2n1. The van der Waals surface area contributed by atoms with Crippen LogP contribution in [0.1, 0.15) is 12.6 Å². The average Bonchev–Trinajstić information content (AvgIpc) is 2.58. The molecule has 0 bridgehead atoms. The predicted octanol–water partition coefficient (Wildman–Crippen LogP) is 1.51. The zero-order chi connectivity index (χ0) is 17.5. The number of para-hydroxylation sites is 2. The number of fused-ring (bicyclic) bond motifs is 1. The number of nitrogens with two attached hydrogens (primary N) is 1. The first-order valence-corrected chi connectivity index (χ1v) is 6.97. The molecular weight excluding hydrogens is 308 g/mol. The van der Waals surface area contributed by atoms with Crippen LogP contribution >= 0.6 is 0 Å². The van der Waals surface area contributed by atoms with Crippen molar-refractivity contribution in [1.29, 1.82) is 5.26 Å². The van der Waals surface area contributed by atoms with E-state index in [-0.39, 0.29) is 11.3 Å². The van der Waals surface area contributed by atoms with E-state index in [1.165, 1.54) is 19.2 Å². The molecule has 2 aromatic rings. The summed E-state index contributed by atoms with van der Waals surface area (Å²) >= 11 is 0. The summed E-state index contributed by atoms with van der Waals surface area (Å²) < 4.78 is 4.78. The van der Waals surface area contributed by atoms with Crippen LogP contribution in [0.25, 0.3) is 17.1 Å². The van der Waals surface area contributed by atoms with E-state index in [0.717, 1.165) is 11.6 Å². The fourth-order valence-corrected chi connectivity index (χ4v) is 1.83. The van der Waals surface area contributed by atoms with Gasteiger partial charge in [-0.3, -0.25) is 9.78 Å². The van der Waals surface area contributed by atoms with Gasteiger partial charge in [-0.1, -0.05) is 12.1 Å². The van der Waals surface area contributed by atoms with Gasteiger partial charge in [-0.15, -0.1) is 0 Å². The van der Waals surface area contributed by atoms with Crippen molar-refractivity contribution < 1.29 is 14.3 Å². The molecule has 0 amide bonds. The molecule has 0 saturated heterocycles. The van der Waals surface area contributed by atoms with E-state index in [1.807, 2.05) is 24.3 Å². The molecule has 2 N–H and O–H groups in total. The van der Waals surface area contributed by atoms with Crippen LogP contribution in [-0.2, 0) is 14.3 Å². The summed E-state index contributed by atoms with van der Waals surface area (Å²) in [6, 6.07) is 9.01. The van der Waals surface area contributed by atoms with Crippen LogP contribution in [0, 0.1) is 11.3 Å². The van der Waals surface area contributed by atoms with Gasteiger partial charge in [-0.05, 0) is 25.1 Å². The second-order valence-corrected chi connectivity index (χ2v) is 4.82. The summed E-state index contributed by atoms with van der Waals surface area (Å²) in [7, 11) is 0. The fourth-order valence-electron chi connectivity index (χ4n) is 1.83. The molecule has 0 aliphatic carbocycles. The molecule has 1 aromatic carbocycles. The van der Waals surface area contributed by atoms with Gasteiger partial charge in [0.05, 0.1) is 22.9 Å². The number of nitriles is 1. The number of Topliss-reactive ketones (excluding diaryl/α,β-unsaturated/α-hetero) is 1. The van der Waals surface area contributed by atoms with Gasteiger partial charge in [0.1, 0.15) is 11.6 Å². The lowest BCUT2D eigenvalue weighted by Gasteiger charge is -2.02. The maximum absolute atomic E-state index is 11.7. The minimum atomic E-state index is -0.731. The van der Waals surface area contributed by atoms with Gasteiger partial charge in [0, 0.05) is 11.8 Å². The lowest BCUT2D eigenvalue weighted by atomic mass is 10.1. The molecule has 0 aliphatic rings. The lowest BCUT2D eigenvalue weighted by molar-refractivity contribution is -0.141. The topological polar surface area (TPSA) is 119 Å². The molecule has 0 unspecified atom stereocenters. The van der Waals surface area contributed by atoms with Gasteiger partial charge >= 0.3 is 5.97 Å². The van der Waals surface area contributed by atoms with E-state index in [0.29, 0.717) is 11.2 Å². The number of benzene rings is 1. The quantitative estimate of drug-likeness (QED) is 0.503. The Morgan fingerprint density at radius 2 is 2.04 bits per heavy atom. The maximum atomic E-state index is 11.7. The van der Waals surface area contributed by atoms with Crippen LogP contribution < -0.4 is 5.73 Å². The first-order valence-electron chi connectivity index (χ1n) is 6.97. The molecule has 24 heavy (non-hydrogen) atoms. The minimum Gasteiger partial charge on any atom is -0.454 e. The number of aromatic nitrogens is 2. The van der Waals surface area contributed by atoms with E-state index in [2.05, 4.69) is 9.97 Å². The molecule has 0 saturated carbocycles. The normalized spacial score (nSPS) is 11.8. The van der Waals surface area contributed by atoms with E-state index in [1.54, 1.807) is 6.07 Å². The van der Waals surface area contributed by atoms with E-state index >= 15 is 0 Å². The van der Waals surface area contributed by atoms with Gasteiger partial charge in [-0.25, -0.2) is 9.78 Å². The van der Waals surface area contributed by atoms with Crippen molar-refractivity contribution >= 4 is 28.9 Å². The fraction of sp³-hybridized carbons (Fsp3) is 0.118. The molecule has 0 spiro atoms. The third kappa shape index (κ3) is 4.24. The van der Waals surface area contributed by atoms with Crippen molar-refractivity contribution in [3.63, 3.8) is 0 Å². The van der Waals surface area contributed by atoms with Crippen molar-refractivity contribution in [1.82, 2.24) is 9.97 Å². The molecular formula is C17H14N4O3. The molecule has 0 radical (unpaired) electrons. The summed E-state index contributed by atoms with van der Waals surface area (Å²) in [5, 5.41) is 8.79. The Morgan fingerprint density at radius 1 is 1.33 bits per heavy atom. The monoisotopic (exact) mass is 322 g/mol. The van der Waals surface area contributed by atoms with Crippen molar-refractivity contribution in [2.24, 2.45) is 5.73 Å². The zero-order valence-corrected chi connectivity index (χ0v) is 12.9. The molecule has 7 heteroatoms. The van der Waals surface area contributed by atoms with Gasteiger partial charge in [0.2, 0.25) is 5.78 Å². The maximum Gasteiger partial charge on any atom is 0.331 e. The largest absolute Gasteiger partial charge is 0.454 e. The van der Waals surface area contributed by atoms with Gasteiger partial charge in [-0.2, -0.15) is 5.26 Å². The summed E-state index contributed by atoms with van der Waals surface area (Å²) in [4.78, 5) is 31.8. The van der Waals surface area contributed by atoms with Crippen LogP contribution in [0.2, 0.25) is 0 Å². The minimum absolute atomic E-state index is 0.0838. The Morgan fingerprint density at radius 3 is 2.71 bits per heavy atom. The lowest BCUT2D eigenvalue weighted by Crippen LogP contribution is -2.16. The first-order chi connectivity index (χ1) is 11.5. The molecule has 0 aliphatic heterocycles. The number of carbonyl (C=O) groups is 2. The van der Waals surface area contributed by atoms with Crippen LogP contribution in [0.3, 0.4) is 0 Å². The van der Waals surface area contributed by atoms with Crippen molar-refractivity contribution in [2.75, 3.05) is 6.61 Å². The molecule has 1 heterocycles. The number of esters is 1. The van der Waals surface area contributed by atoms with E-state index in [4.69, 9.17) is 15.7 Å². The number of carbonyl (C=O) groups excluding carboxylic acids is 2. The summed E-state index contributed by atoms with van der Waals surface area (Å²) in [6.07, 6.45) is 4.09. The summed E-state index contributed by atoms with van der Waals surface area (Å²) in [5.41, 5.74) is 7.19. The third-order valence-electron chi connectivity index (χ3n) is 2.99. The highest BCUT2D eigenvalue weighted by Gasteiger charge is 2.13. The number of ether oxygens (including phenoxy) is 1. The zero-order valence-electron chi connectivity index (χ0n) is 12.9. The molecule has 0 atom stereocenters. The Bertz CT molecular complexity index is 890. The number of hydrogen-bond acceptors (Lipinski definition) is 7. The van der Waals surface area contributed by atoms with Crippen LogP contribution in [0.15, 0.2) is 47.8 Å². The van der Waals surface area contributed by atoms with Gasteiger partial charge in [0.15, 0.2) is 6.61 Å². The summed E-state index contributed by atoms with van der Waals surface area (Å²) in [6.45, 7) is 0.876. The van der Waals surface area contributed by atoms with Crippen LogP contribution in [0.4, 0.5) is 0 Å². The molecule has 2 rings (SSSR count). The van der Waals surface area contributed by atoms with Crippen molar-refractivity contribution in [3.05, 3.63) is 53.5 Å². The van der Waals surface area contributed by atoms with Crippen molar-refractivity contribution in [3.8, 4) is 6.07 Å². The number of allylic oxidation sites excluding steroid dienone is 1. The first kappa shape index (κ1) is 16.8. The smallest absolute Gasteiger partial charge is 0.331 e. The summed E-state index contributed by atoms with van der Waals surface area (Å²) in [5.74, 6) is -1.38. The Balaban J connectivity index is 1.98. The third-order valence-corrected chi connectivity index (χ3v) is 2.99. The average molecular weight is 322 g/mol. The Hall–Kier alpha value is -3.53. The predicted molar refractivity (Wildman–Crippen MR) is 87.0 cm³/mol. The van der Waals surface area contributed by atoms with E-state index in [9.17, 15) is 9.59 Å². The standard InChI is InChI=1S/C17H14N4O3/c1-11(19)13(8-18)16(22)10-24-17(23)7-6-12-9-20-14-4-2-3-5-15(14)21-12/h2-7,9H,10,19H2,1H3. The number of ketones is 1. The highest BCUT2D eigenvalue weighted by Crippen LogP contribution is 2.09. The molecule has 0 fully saturated rings. The Kier molecular flexibility index (Phi) is 5.36. The number of rotatable bonds is 5. The number of nitrogens with zero attached hydrogens (tertiary/aromatic N) is 3. The Labute approximate surface area is 138 Å². The molecule has 120 valence electrons. The second-order valence-electron chi connectivity index (χ2n) is 4.82. The second kappa shape index (κ2) is 7.65. The number of hydrogen-bond donors (Lipinski definition) is 1. The van der Waals surface area contributed by atoms with Crippen molar-refractivity contribution in [2.45, 2.75) is 6.92 Å².